The Bertz CT molecular complexity index is 2530. The highest BCUT2D eigenvalue weighted by molar-refractivity contribution is 7.98. The lowest BCUT2D eigenvalue weighted by atomic mass is 10.1. The molecular weight excluding hydrogens is 791 g/mol. The lowest BCUT2D eigenvalue weighted by molar-refractivity contribution is 0.0924. The molecule has 0 saturated heterocycles. The normalized spacial score (nSPS) is 15.4. The van der Waals surface area contributed by atoms with Gasteiger partial charge in [-0.05, 0) is 104 Å². The molecule has 6 heterocycles. The standard InChI is InChI=1S/C26H25FN4O2S.C18H17FN4OS/c1-32-21-10-3-17(4-11-21)15-33-16-20-9-12-23-30-24(18-5-7-19(27)8-6-18)25(31(20)23)22-13-14-28-26(29-22)34-2;1-25-18-20-9-8-14(21-18)17-16(11-2-4-12(19)5-3-11)22-15-7-6-13(10-24)23(15)17/h3-8,10-11,13-14,20H,9,12,15-16H2,1-2H3;2-5,8-9,13,24H,6-7,10H2,1H3/t20-;13-/m11/s1. The summed E-state index contributed by atoms with van der Waals surface area (Å²) in [4.78, 5) is 27.7. The van der Waals surface area contributed by atoms with Crippen LogP contribution < -0.4 is 4.74 Å². The monoisotopic (exact) mass is 832 g/mol. The van der Waals surface area contributed by atoms with Gasteiger partial charge in [-0.15, -0.1) is 0 Å². The molecule has 302 valence electrons. The quantitative estimate of drug-likeness (QED) is 0.0937. The molecule has 0 radical (unpaired) electrons. The summed E-state index contributed by atoms with van der Waals surface area (Å²) in [6.07, 6.45) is 10.8. The molecule has 4 aromatic heterocycles. The first-order valence-electron chi connectivity index (χ1n) is 19.2. The van der Waals surface area contributed by atoms with E-state index in [1.54, 1.807) is 43.8 Å². The van der Waals surface area contributed by atoms with Gasteiger partial charge in [0.2, 0.25) is 0 Å². The fourth-order valence-electron chi connectivity index (χ4n) is 7.56. The maximum absolute atomic E-state index is 13.6. The average molecular weight is 833 g/mol. The van der Waals surface area contributed by atoms with Gasteiger partial charge in [0, 0.05) is 36.4 Å². The van der Waals surface area contributed by atoms with Gasteiger partial charge in [0.1, 0.15) is 29.0 Å². The maximum atomic E-state index is 13.6. The van der Waals surface area contributed by atoms with E-state index in [1.165, 1.54) is 47.8 Å². The molecule has 2 aliphatic heterocycles. The van der Waals surface area contributed by atoms with Crippen molar-refractivity contribution < 1.29 is 23.4 Å². The Kier molecular flexibility index (Phi) is 12.4. The van der Waals surface area contributed by atoms with Crippen LogP contribution >= 0.6 is 23.5 Å². The fraction of sp³-hybridized carbons (Fsp3) is 0.273. The average Bonchev–Trinajstić information content (AvgIpc) is 4.06. The molecule has 15 heteroatoms. The maximum Gasteiger partial charge on any atom is 0.187 e. The van der Waals surface area contributed by atoms with Crippen molar-refractivity contribution in [3.05, 3.63) is 126 Å². The van der Waals surface area contributed by atoms with Crippen LogP contribution in [0.1, 0.15) is 42.1 Å². The molecule has 7 aromatic rings. The van der Waals surface area contributed by atoms with Crippen LogP contribution in [-0.4, -0.2) is 77.0 Å². The predicted octanol–water partition coefficient (Wildman–Crippen LogP) is 8.93. The zero-order valence-electron chi connectivity index (χ0n) is 32.8. The van der Waals surface area contributed by atoms with Crippen molar-refractivity contribution in [1.29, 1.82) is 0 Å². The first-order chi connectivity index (χ1) is 28.9. The van der Waals surface area contributed by atoms with Gasteiger partial charge >= 0.3 is 0 Å². The smallest absolute Gasteiger partial charge is 0.187 e. The Labute approximate surface area is 349 Å². The second kappa shape index (κ2) is 18.2. The van der Waals surface area contributed by atoms with E-state index < -0.39 is 0 Å². The number of fused-ring (bicyclic) bond motifs is 2. The third kappa shape index (κ3) is 8.65. The lowest BCUT2D eigenvalue weighted by Gasteiger charge is -2.18. The van der Waals surface area contributed by atoms with E-state index in [9.17, 15) is 13.9 Å². The molecule has 0 bridgehead atoms. The van der Waals surface area contributed by atoms with Crippen molar-refractivity contribution >= 4 is 23.5 Å². The van der Waals surface area contributed by atoms with Gasteiger partial charge in [-0.25, -0.2) is 38.7 Å². The summed E-state index contributed by atoms with van der Waals surface area (Å²) in [5.41, 5.74) is 7.71. The van der Waals surface area contributed by atoms with Crippen molar-refractivity contribution in [2.45, 2.75) is 54.7 Å². The third-order valence-electron chi connectivity index (χ3n) is 10.4. The van der Waals surface area contributed by atoms with Crippen LogP contribution in [0.5, 0.6) is 5.75 Å². The Hall–Kier alpha value is -5.48. The summed E-state index contributed by atoms with van der Waals surface area (Å²) in [6.45, 7) is 1.14. The Morgan fingerprint density at radius 1 is 0.661 bits per heavy atom. The molecule has 3 aromatic carbocycles. The number of aliphatic hydroxyl groups excluding tert-OH is 1. The van der Waals surface area contributed by atoms with Gasteiger partial charge in [-0.3, -0.25) is 0 Å². The molecule has 11 nitrogen and oxygen atoms in total. The predicted molar refractivity (Wildman–Crippen MR) is 225 cm³/mol. The van der Waals surface area contributed by atoms with Gasteiger partial charge in [-0.2, -0.15) is 0 Å². The molecule has 2 atom stereocenters. The van der Waals surface area contributed by atoms with Crippen LogP contribution in [-0.2, 0) is 24.2 Å². The summed E-state index contributed by atoms with van der Waals surface area (Å²) < 4.78 is 42.6. The number of methoxy groups -OCH3 is 1. The Morgan fingerprint density at radius 3 is 1.63 bits per heavy atom. The number of ether oxygens (including phenoxy) is 2. The van der Waals surface area contributed by atoms with Crippen molar-refractivity contribution in [1.82, 2.24) is 39.0 Å². The van der Waals surface area contributed by atoms with E-state index in [1.807, 2.05) is 48.9 Å². The minimum Gasteiger partial charge on any atom is -0.497 e. The molecule has 0 fully saturated rings. The summed E-state index contributed by atoms with van der Waals surface area (Å²) in [6, 6.07) is 24.6. The SMILES string of the molecule is COc1ccc(COC[C@H]2CCc3nc(-c4ccc(F)cc4)c(-c4ccnc(SC)n4)n32)cc1.CSc1nccc(-c2c(-c3ccc(F)cc3)nc3n2[C@@H](CO)CC3)n1. The number of aromatic nitrogens is 8. The van der Waals surface area contributed by atoms with Crippen molar-refractivity contribution in [2.24, 2.45) is 0 Å². The summed E-state index contributed by atoms with van der Waals surface area (Å²) in [5.74, 6) is 2.20. The van der Waals surface area contributed by atoms with Gasteiger partial charge < -0.3 is 23.7 Å². The number of aliphatic hydroxyl groups is 1. The molecular formula is C44H42F2N8O3S2. The highest BCUT2D eigenvalue weighted by Crippen LogP contribution is 2.41. The lowest BCUT2D eigenvalue weighted by Crippen LogP contribution is -2.13. The largest absolute Gasteiger partial charge is 0.497 e. The third-order valence-corrected chi connectivity index (χ3v) is 11.5. The second-order valence-corrected chi connectivity index (χ2v) is 15.5. The number of hydrogen-bond acceptors (Lipinski definition) is 11. The molecule has 0 spiro atoms. The van der Waals surface area contributed by atoms with E-state index in [0.717, 1.165) is 93.9 Å². The number of halogens is 2. The molecule has 1 N–H and O–H groups in total. The molecule has 0 saturated carbocycles. The van der Waals surface area contributed by atoms with Gasteiger partial charge in [0.15, 0.2) is 10.3 Å². The first-order valence-corrected chi connectivity index (χ1v) is 21.6. The number of aryl methyl sites for hydroxylation is 2. The number of hydrogen-bond donors (Lipinski definition) is 1. The fourth-order valence-corrected chi connectivity index (χ4v) is 8.27. The Morgan fingerprint density at radius 2 is 1.15 bits per heavy atom. The molecule has 59 heavy (non-hydrogen) atoms. The van der Waals surface area contributed by atoms with Crippen LogP contribution in [0.2, 0.25) is 0 Å². The van der Waals surface area contributed by atoms with Crippen LogP contribution in [0.15, 0.2) is 108 Å². The summed E-state index contributed by atoms with van der Waals surface area (Å²) >= 11 is 2.97. The summed E-state index contributed by atoms with van der Waals surface area (Å²) in [7, 11) is 1.66. The van der Waals surface area contributed by atoms with E-state index in [-0.39, 0.29) is 30.3 Å². The van der Waals surface area contributed by atoms with E-state index in [2.05, 4.69) is 24.1 Å². The minimum absolute atomic E-state index is 0.0145. The highest BCUT2D eigenvalue weighted by Gasteiger charge is 2.32. The number of imidazole rings is 2. The molecule has 2 aliphatic rings. The summed E-state index contributed by atoms with van der Waals surface area (Å²) in [5, 5.41) is 11.1. The molecule has 0 unspecified atom stereocenters. The molecule has 9 rings (SSSR count). The first kappa shape index (κ1) is 40.3. The number of benzene rings is 3. The zero-order chi connectivity index (χ0) is 40.9. The second-order valence-electron chi connectivity index (χ2n) is 14.0. The van der Waals surface area contributed by atoms with Gasteiger partial charge in [0.25, 0.3) is 0 Å². The molecule has 0 amide bonds. The van der Waals surface area contributed by atoms with Crippen molar-refractivity contribution in [2.75, 3.05) is 32.8 Å². The van der Waals surface area contributed by atoms with Crippen molar-refractivity contribution in [3.8, 4) is 51.0 Å². The van der Waals surface area contributed by atoms with Crippen molar-refractivity contribution in [3.63, 3.8) is 0 Å². The molecule has 0 aliphatic carbocycles. The van der Waals surface area contributed by atoms with Gasteiger partial charge in [-0.1, -0.05) is 35.7 Å². The highest BCUT2D eigenvalue weighted by atomic mass is 32.2. The van der Waals surface area contributed by atoms with Gasteiger partial charge in [0.05, 0.1) is 73.2 Å². The van der Waals surface area contributed by atoms with E-state index in [4.69, 9.17) is 24.4 Å². The van der Waals surface area contributed by atoms with Crippen LogP contribution in [0.4, 0.5) is 8.78 Å². The minimum atomic E-state index is -0.281. The Balaban J connectivity index is 0.000000172. The van der Waals surface area contributed by atoms with Crippen LogP contribution in [0.3, 0.4) is 0 Å². The number of rotatable bonds is 12. The topological polar surface area (TPSA) is 126 Å². The van der Waals surface area contributed by atoms with Crippen LogP contribution in [0, 0.1) is 11.6 Å². The van der Waals surface area contributed by atoms with E-state index >= 15 is 0 Å². The van der Waals surface area contributed by atoms with Crippen LogP contribution in [0.25, 0.3) is 45.3 Å². The number of nitrogens with zero attached hydrogens (tertiary/aromatic N) is 8. The zero-order valence-corrected chi connectivity index (χ0v) is 34.4. The number of thioether (sulfide) groups is 2. The van der Waals surface area contributed by atoms with E-state index in [0.29, 0.717) is 23.5 Å².